The van der Waals surface area contributed by atoms with Crippen LogP contribution in [-0.4, -0.2) is 24.1 Å². The Labute approximate surface area is 103 Å². The number of benzene rings is 1. The molecule has 16 heavy (non-hydrogen) atoms. The molecule has 6 heteroatoms. The van der Waals surface area contributed by atoms with Gasteiger partial charge in [-0.1, -0.05) is 28.1 Å². The fourth-order valence-electron chi connectivity index (χ4n) is 1.11. The molecule has 4 nitrogen and oxygen atoms in total. The predicted molar refractivity (Wildman–Crippen MR) is 67.4 cm³/mol. The third kappa shape index (κ3) is 2.44. The monoisotopic (exact) mass is 305 g/mol. The molecule has 0 unspecified atom stereocenters. The Hall–Kier alpha value is -0.880. The van der Waals surface area contributed by atoms with Crippen molar-refractivity contribution in [3.8, 4) is 0 Å². The first-order valence-electron chi connectivity index (χ1n) is 4.45. The van der Waals surface area contributed by atoms with Crippen molar-refractivity contribution < 1.29 is 13.2 Å². The second-order valence-corrected chi connectivity index (χ2v) is 8.12. The van der Waals surface area contributed by atoms with Crippen LogP contribution in [0.1, 0.15) is 17.3 Å². The fourth-order valence-corrected chi connectivity index (χ4v) is 1.79. The Balaban J connectivity index is 3.23. The lowest BCUT2D eigenvalue weighted by atomic mass is 10.1. The highest BCUT2D eigenvalue weighted by molar-refractivity contribution is 9.12. The topological polar surface area (TPSA) is 77.2 Å². The van der Waals surface area contributed by atoms with Crippen LogP contribution in [0.2, 0.25) is 0 Å². The average Bonchev–Trinajstić information content (AvgIpc) is 2.14. The number of rotatable bonds is 3. The zero-order valence-electron chi connectivity index (χ0n) is 8.90. The van der Waals surface area contributed by atoms with Gasteiger partial charge in [0.15, 0.2) is 19.3 Å². The zero-order valence-corrected chi connectivity index (χ0v) is 11.3. The molecule has 0 heterocycles. The van der Waals surface area contributed by atoms with Crippen molar-refractivity contribution in [3.05, 3.63) is 29.8 Å². The van der Waals surface area contributed by atoms with Crippen molar-refractivity contribution in [2.24, 2.45) is 0 Å². The maximum absolute atomic E-state index is 12.0. The zero-order chi connectivity index (χ0) is 12.6. The van der Waals surface area contributed by atoms with E-state index in [1.807, 2.05) is 0 Å². The Morgan fingerprint density at radius 2 is 2.00 bits per heavy atom. The molecular weight excluding hydrogens is 294 g/mol. The van der Waals surface area contributed by atoms with Crippen LogP contribution in [0.5, 0.6) is 0 Å². The number of carbonyl (C=O) groups excluding carboxylic acids is 1. The summed E-state index contributed by atoms with van der Waals surface area (Å²) in [6, 6.07) is 6.22. The molecule has 1 atom stereocenters. The van der Waals surface area contributed by atoms with Gasteiger partial charge in [-0.3, -0.25) is 4.79 Å². The summed E-state index contributed by atoms with van der Waals surface area (Å²) < 4.78 is 21.3. The van der Waals surface area contributed by atoms with Gasteiger partial charge in [0.2, 0.25) is 0 Å². The van der Waals surface area contributed by atoms with Gasteiger partial charge in [0, 0.05) is 17.5 Å². The third-order valence-corrected chi connectivity index (χ3v) is 5.95. The van der Waals surface area contributed by atoms with Crippen molar-refractivity contribution in [2.75, 3.05) is 12.0 Å². The molecule has 0 aromatic heterocycles. The molecule has 0 aliphatic heterocycles. The number of ketones is 1. The first-order valence-corrected chi connectivity index (χ1v) is 7.13. The molecule has 1 rings (SSSR count). The number of sulfone groups is 1. The standard InChI is InChI=1S/C10H12BrNO3S/c1-10(11,16(2,14)15)9(13)7-4-3-5-8(12)6-7/h3-6H,12H2,1-2H3/t10-/m1/s1. The lowest BCUT2D eigenvalue weighted by Crippen LogP contribution is -2.36. The molecule has 0 fully saturated rings. The molecular formula is C10H12BrNO3S. The number of alkyl halides is 1. The molecule has 0 bridgehead atoms. The van der Waals surface area contributed by atoms with Gasteiger partial charge in [-0.15, -0.1) is 0 Å². The van der Waals surface area contributed by atoms with Gasteiger partial charge in [0.1, 0.15) is 0 Å². The molecule has 0 aliphatic rings. The third-order valence-electron chi connectivity index (χ3n) is 2.25. The minimum atomic E-state index is -3.54. The normalized spacial score (nSPS) is 15.4. The number of nitrogens with two attached hydrogens (primary N) is 1. The van der Waals surface area contributed by atoms with Gasteiger partial charge in [-0.05, 0) is 19.1 Å². The van der Waals surface area contributed by atoms with Gasteiger partial charge in [-0.25, -0.2) is 8.42 Å². The van der Waals surface area contributed by atoms with E-state index in [1.165, 1.54) is 19.1 Å². The fraction of sp³-hybridized carbons (Fsp3) is 0.300. The summed E-state index contributed by atoms with van der Waals surface area (Å²) in [7, 11) is -3.54. The lowest BCUT2D eigenvalue weighted by molar-refractivity contribution is 0.0983. The number of anilines is 1. The Bertz CT molecular complexity index is 523. The van der Waals surface area contributed by atoms with E-state index in [9.17, 15) is 13.2 Å². The summed E-state index contributed by atoms with van der Waals surface area (Å²) in [6.07, 6.45) is 1.01. The summed E-state index contributed by atoms with van der Waals surface area (Å²) in [6.45, 7) is 1.31. The quantitative estimate of drug-likeness (QED) is 0.523. The molecule has 0 aliphatic carbocycles. The SMILES string of the molecule is C[C@](Br)(C(=O)c1cccc(N)c1)S(C)(=O)=O. The number of hydrogen-bond donors (Lipinski definition) is 1. The van der Waals surface area contributed by atoms with Gasteiger partial charge >= 0.3 is 0 Å². The van der Waals surface area contributed by atoms with E-state index < -0.39 is 19.3 Å². The van der Waals surface area contributed by atoms with Crippen molar-refractivity contribution in [1.82, 2.24) is 0 Å². The molecule has 0 spiro atoms. The van der Waals surface area contributed by atoms with E-state index in [1.54, 1.807) is 12.1 Å². The van der Waals surface area contributed by atoms with Crippen molar-refractivity contribution in [1.29, 1.82) is 0 Å². The summed E-state index contributed by atoms with van der Waals surface area (Å²) in [5.74, 6) is -0.526. The van der Waals surface area contributed by atoms with Crippen LogP contribution in [0.25, 0.3) is 0 Å². The van der Waals surface area contributed by atoms with E-state index in [2.05, 4.69) is 15.9 Å². The molecule has 0 radical (unpaired) electrons. The first-order chi connectivity index (χ1) is 7.16. The van der Waals surface area contributed by atoms with Crippen molar-refractivity contribution in [2.45, 2.75) is 10.6 Å². The summed E-state index contributed by atoms with van der Waals surface area (Å²) in [4.78, 5) is 12.0. The van der Waals surface area contributed by atoms with Crippen LogP contribution in [-0.2, 0) is 9.84 Å². The molecule has 0 saturated heterocycles. The average molecular weight is 306 g/mol. The highest BCUT2D eigenvalue weighted by Crippen LogP contribution is 2.29. The molecule has 1 aromatic rings. The van der Waals surface area contributed by atoms with Crippen LogP contribution < -0.4 is 5.73 Å². The van der Waals surface area contributed by atoms with Crippen LogP contribution in [0.15, 0.2) is 24.3 Å². The van der Waals surface area contributed by atoms with Gasteiger partial charge in [0.05, 0.1) is 0 Å². The van der Waals surface area contributed by atoms with Crippen LogP contribution in [0.4, 0.5) is 5.69 Å². The van der Waals surface area contributed by atoms with Crippen LogP contribution in [0.3, 0.4) is 0 Å². The highest BCUT2D eigenvalue weighted by Gasteiger charge is 2.41. The van der Waals surface area contributed by atoms with Crippen LogP contribution >= 0.6 is 15.9 Å². The van der Waals surface area contributed by atoms with E-state index in [4.69, 9.17) is 5.73 Å². The maximum atomic E-state index is 12.0. The summed E-state index contributed by atoms with van der Waals surface area (Å²) >= 11 is 2.95. The largest absolute Gasteiger partial charge is 0.399 e. The summed E-state index contributed by atoms with van der Waals surface area (Å²) in [5, 5.41) is 0. The highest BCUT2D eigenvalue weighted by atomic mass is 79.9. The number of halogens is 1. The van der Waals surface area contributed by atoms with Gasteiger partial charge in [0.25, 0.3) is 0 Å². The minimum Gasteiger partial charge on any atom is -0.399 e. The molecule has 88 valence electrons. The predicted octanol–water partition coefficient (Wildman–Crippen LogP) is 1.61. The number of hydrogen-bond acceptors (Lipinski definition) is 4. The smallest absolute Gasteiger partial charge is 0.194 e. The van der Waals surface area contributed by atoms with E-state index in [0.29, 0.717) is 5.69 Å². The second kappa shape index (κ2) is 4.18. The number of nitrogen functional groups attached to an aromatic ring is 1. The second-order valence-electron chi connectivity index (χ2n) is 3.64. The van der Waals surface area contributed by atoms with Crippen LogP contribution in [0, 0.1) is 0 Å². The minimum absolute atomic E-state index is 0.268. The molecule has 0 amide bonds. The summed E-state index contributed by atoms with van der Waals surface area (Å²) in [5.41, 5.74) is 6.22. The Morgan fingerprint density at radius 1 is 1.44 bits per heavy atom. The van der Waals surface area contributed by atoms with Crippen molar-refractivity contribution >= 4 is 37.2 Å². The van der Waals surface area contributed by atoms with Gasteiger partial charge in [-0.2, -0.15) is 0 Å². The first kappa shape index (κ1) is 13.2. The van der Waals surface area contributed by atoms with Crippen molar-refractivity contribution in [3.63, 3.8) is 0 Å². The maximum Gasteiger partial charge on any atom is 0.194 e. The van der Waals surface area contributed by atoms with E-state index >= 15 is 0 Å². The van der Waals surface area contributed by atoms with Gasteiger partial charge < -0.3 is 5.73 Å². The van der Waals surface area contributed by atoms with E-state index in [-0.39, 0.29) is 5.56 Å². The molecule has 1 aromatic carbocycles. The number of Topliss-reactive ketones (excluding diaryl/α,β-unsaturated/α-hetero) is 1. The lowest BCUT2D eigenvalue weighted by Gasteiger charge is -2.18. The Kier molecular flexibility index (Phi) is 3.44. The molecule has 0 saturated carbocycles. The Morgan fingerprint density at radius 3 is 2.44 bits per heavy atom. The van der Waals surface area contributed by atoms with E-state index in [0.717, 1.165) is 6.26 Å². The number of carbonyl (C=O) groups is 1. The molecule has 2 N–H and O–H groups in total.